The summed E-state index contributed by atoms with van der Waals surface area (Å²) in [6.45, 7) is 2.33. The zero-order valence-corrected chi connectivity index (χ0v) is 23.2. The molecule has 0 bridgehead atoms. The molecule has 0 unspecified atom stereocenters. The van der Waals surface area contributed by atoms with E-state index in [1.165, 1.54) is 5.56 Å². The lowest BCUT2D eigenvalue weighted by molar-refractivity contribution is -0.143. The van der Waals surface area contributed by atoms with Crippen LogP contribution in [0.15, 0.2) is 60.7 Å². The summed E-state index contributed by atoms with van der Waals surface area (Å²) in [5.74, 6) is -3.69. The molecule has 2 heterocycles. The molecular weight excluding hydrogens is 543 g/mol. The number of benzene rings is 3. The van der Waals surface area contributed by atoms with Gasteiger partial charge in [0.1, 0.15) is 0 Å². The molecule has 5 rings (SSSR count). The normalized spacial score (nSPS) is 14.6. The van der Waals surface area contributed by atoms with Gasteiger partial charge in [0.15, 0.2) is 0 Å². The molecule has 1 fully saturated rings. The summed E-state index contributed by atoms with van der Waals surface area (Å²) in [6.07, 6.45) is 2.11. The number of hydrogen-bond acceptors (Lipinski definition) is 4. The van der Waals surface area contributed by atoms with Gasteiger partial charge in [-0.3, -0.25) is 4.79 Å². The lowest BCUT2D eigenvalue weighted by Gasteiger charge is -2.34. The summed E-state index contributed by atoms with van der Waals surface area (Å²) in [6, 6.07) is 19.6. The molecule has 39 heavy (non-hydrogen) atoms. The Bertz CT molecular complexity index is 1500. The minimum absolute atomic E-state index is 0.0589. The number of halogens is 4. The monoisotopic (exact) mass is 571 g/mol. The van der Waals surface area contributed by atoms with E-state index in [0.717, 1.165) is 42.7 Å². The van der Waals surface area contributed by atoms with Crippen LogP contribution in [0.5, 0.6) is 0 Å². The van der Waals surface area contributed by atoms with Gasteiger partial charge in [0, 0.05) is 33.6 Å². The van der Waals surface area contributed by atoms with Gasteiger partial charge in [0.05, 0.1) is 32.5 Å². The molecule has 1 aliphatic heterocycles. The third-order valence-corrected chi connectivity index (χ3v) is 7.82. The maximum Gasteiger partial charge on any atom is 0.321 e. The van der Waals surface area contributed by atoms with Gasteiger partial charge in [-0.1, -0.05) is 59.6 Å². The minimum Gasteiger partial charge on any atom is -0.370 e. The van der Waals surface area contributed by atoms with Crippen LogP contribution in [0.3, 0.4) is 0 Å². The van der Waals surface area contributed by atoms with Crippen molar-refractivity contribution in [2.45, 2.75) is 38.2 Å². The number of rotatable bonds is 7. The van der Waals surface area contributed by atoms with Crippen LogP contribution >= 0.6 is 23.2 Å². The maximum absolute atomic E-state index is 13.2. The van der Waals surface area contributed by atoms with Gasteiger partial charge in [-0.2, -0.15) is 8.78 Å². The number of anilines is 3. The number of carbonyl (C=O) groups is 1. The summed E-state index contributed by atoms with van der Waals surface area (Å²) in [4.78, 5) is 18.6. The van der Waals surface area contributed by atoms with Gasteiger partial charge in [-0.25, -0.2) is 4.98 Å². The van der Waals surface area contributed by atoms with Crippen molar-refractivity contribution in [2.75, 3.05) is 23.3 Å². The maximum atomic E-state index is 13.2. The summed E-state index contributed by atoms with van der Waals surface area (Å²) in [5, 5.41) is 6.55. The first-order valence-corrected chi connectivity index (χ1v) is 13.5. The number of alkyl halides is 2. The van der Waals surface area contributed by atoms with E-state index in [4.69, 9.17) is 28.2 Å². The predicted octanol–water partition coefficient (Wildman–Crippen LogP) is 7.28. The topological polar surface area (TPSA) is 62.2 Å². The summed E-state index contributed by atoms with van der Waals surface area (Å²) < 4.78 is 28.3. The zero-order chi connectivity index (χ0) is 27.7. The number of fused-ring (bicyclic) bond motifs is 1. The van der Waals surface area contributed by atoms with Crippen LogP contribution in [0.1, 0.15) is 36.8 Å². The summed E-state index contributed by atoms with van der Waals surface area (Å²) >= 11 is 13.1. The summed E-state index contributed by atoms with van der Waals surface area (Å²) in [5.41, 5.74) is 5.16. The van der Waals surface area contributed by atoms with Crippen LogP contribution in [0.2, 0.25) is 10.0 Å². The number of nitrogens with zero attached hydrogens (tertiary/aromatic N) is 3. The summed E-state index contributed by atoms with van der Waals surface area (Å²) in [7, 11) is 1.90. The molecule has 1 aliphatic rings. The quantitative estimate of drug-likeness (QED) is 0.244. The number of aryl methyl sites for hydroxylation is 1. The fourth-order valence-electron chi connectivity index (χ4n) is 4.97. The molecule has 204 valence electrons. The van der Waals surface area contributed by atoms with Gasteiger partial charge in [0.25, 0.3) is 5.91 Å². The molecule has 4 aromatic rings. The number of imidazole rings is 1. The van der Waals surface area contributed by atoms with E-state index < -0.39 is 11.8 Å². The average molecular weight is 572 g/mol. The van der Waals surface area contributed by atoms with Crippen molar-refractivity contribution in [2.24, 2.45) is 7.05 Å². The second-order valence-electron chi connectivity index (χ2n) is 9.97. The van der Waals surface area contributed by atoms with Crippen molar-refractivity contribution in [3.05, 3.63) is 81.8 Å². The molecule has 1 aromatic heterocycles. The molecule has 0 saturated carbocycles. The van der Waals surface area contributed by atoms with Crippen LogP contribution in [0.4, 0.5) is 26.1 Å². The highest BCUT2D eigenvalue weighted by molar-refractivity contribution is 6.34. The van der Waals surface area contributed by atoms with Crippen LogP contribution in [-0.4, -0.2) is 34.5 Å². The standard InChI is InChI=1S/C29H29Cl2F2N5O/c1-29(32,33)27(39)34-17-18-8-9-21(30)23(14-18)35-28-36-24-15-22(31)25(16-26(24)37(28)2)38-12-10-20(11-13-38)19-6-4-3-5-7-19/h3-9,14-16,20H,10-13,17H2,1-2H3,(H,34,39)(H,35,36). The third-order valence-electron chi connectivity index (χ3n) is 7.19. The first kappa shape index (κ1) is 27.2. The lowest BCUT2D eigenvalue weighted by atomic mass is 9.89. The number of hydrogen-bond donors (Lipinski definition) is 2. The molecule has 3 aromatic carbocycles. The van der Waals surface area contributed by atoms with Gasteiger partial charge in [-0.05, 0) is 54.2 Å². The van der Waals surface area contributed by atoms with Crippen molar-refractivity contribution in [1.29, 1.82) is 0 Å². The van der Waals surface area contributed by atoms with Gasteiger partial charge in [0.2, 0.25) is 5.95 Å². The molecule has 1 saturated heterocycles. The SMILES string of the molecule is Cn1c(Nc2cc(CNC(=O)C(C)(F)F)ccc2Cl)nc2cc(Cl)c(N3CCC(c4ccccc4)CC3)cc21. The predicted molar refractivity (Wildman–Crippen MR) is 154 cm³/mol. The molecule has 1 amide bonds. The first-order valence-electron chi connectivity index (χ1n) is 12.8. The number of piperidine rings is 1. The molecule has 10 heteroatoms. The Kier molecular flexibility index (Phi) is 7.69. The van der Waals surface area contributed by atoms with Gasteiger partial charge < -0.3 is 20.1 Å². The Hall–Kier alpha value is -3.36. The fourth-order valence-corrected chi connectivity index (χ4v) is 5.41. The Morgan fingerprint density at radius 1 is 1.05 bits per heavy atom. The molecular formula is C29H29Cl2F2N5O. The van der Waals surface area contributed by atoms with Gasteiger partial charge >= 0.3 is 5.92 Å². The Labute approximate surface area is 235 Å². The average Bonchev–Trinajstić information content (AvgIpc) is 3.22. The van der Waals surface area contributed by atoms with E-state index in [1.807, 2.05) is 23.7 Å². The van der Waals surface area contributed by atoms with Crippen molar-refractivity contribution in [1.82, 2.24) is 14.9 Å². The van der Waals surface area contributed by atoms with Gasteiger partial charge in [-0.15, -0.1) is 0 Å². The largest absolute Gasteiger partial charge is 0.370 e. The van der Waals surface area contributed by atoms with Crippen molar-refractivity contribution < 1.29 is 13.6 Å². The third kappa shape index (κ3) is 5.97. The number of carbonyl (C=O) groups excluding carboxylic acids is 1. The highest BCUT2D eigenvalue weighted by Crippen LogP contribution is 2.37. The van der Waals surface area contributed by atoms with Crippen molar-refractivity contribution >= 4 is 57.5 Å². The van der Waals surface area contributed by atoms with Crippen molar-refractivity contribution in [3.63, 3.8) is 0 Å². The number of nitrogens with one attached hydrogen (secondary N) is 2. The highest BCUT2D eigenvalue weighted by atomic mass is 35.5. The number of aromatic nitrogens is 2. The first-order chi connectivity index (χ1) is 18.6. The van der Waals surface area contributed by atoms with E-state index >= 15 is 0 Å². The van der Waals surface area contributed by atoms with Crippen LogP contribution < -0.4 is 15.5 Å². The highest BCUT2D eigenvalue weighted by Gasteiger charge is 2.31. The molecule has 0 spiro atoms. The number of amides is 1. The smallest absolute Gasteiger partial charge is 0.321 e. The van der Waals surface area contributed by atoms with E-state index in [9.17, 15) is 13.6 Å². The zero-order valence-electron chi connectivity index (χ0n) is 21.6. The Morgan fingerprint density at radius 3 is 2.46 bits per heavy atom. The van der Waals surface area contributed by atoms with Crippen LogP contribution in [0.25, 0.3) is 11.0 Å². The molecule has 0 aliphatic carbocycles. The fraction of sp³-hybridized carbons (Fsp3) is 0.310. The van der Waals surface area contributed by atoms with E-state index in [1.54, 1.807) is 18.2 Å². The Morgan fingerprint density at radius 2 is 1.77 bits per heavy atom. The Balaban J connectivity index is 1.33. The van der Waals surface area contributed by atoms with E-state index in [2.05, 4.69) is 45.9 Å². The minimum atomic E-state index is -3.45. The molecule has 0 atom stereocenters. The lowest BCUT2D eigenvalue weighted by Crippen LogP contribution is -2.37. The molecule has 2 N–H and O–H groups in total. The van der Waals surface area contributed by atoms with E-state index in [-0.39, 0.29) is 6.54 Å². The second kappa shape index (κ2) is 11.0. The van der Waals surface area contributed by atoms with Crippen LogP contribution in [-0.2, 0) is 18.4 Å². The van der Waals surface area contributed by atoms with Crippen LogP contribution in [0, 0.1) is 0 Å². The van der Waals surface area contributed by atoms with Crippen molar-refractivity contribution in [3.8, 4) is 0 Å². The molecule has 6 nitrogen and oxygen atoms in total. The molecule has 0 radical (unpaired) electrons. The van der Waals surface area contributed by atoms with E-state index in [0.29, 0.717) is 40.1 Å². The second-order valence-corrected chi connectivity index (χ2v) is 10.8.